The molecule has 1 atom stereocenters. The van der Waals surface area contributed by atoms with Gasteiger partial charge in [-0.05, 0) is 30.9 Å². The van der Waals surface area contributed by atoms with E-state index in [1.165, 1.54) is 0 Å². The van der Waals surface area contributed by atoms with Gasteiger partial charge in [0.25, 0.3) is 5.91 Å². The van der Waals surface area contributed by atoms with Crippen LogP contribution in [0.3, 0.4) is 0 Å². The minimum atomic E-state index is -0.774. The summed E-state index contributed by atoms with van der Waals surface area (Å²) in [4.78, 5) is 30.9. The van der Waals surface area contributed by atoms with E-state index in [9.17, 15) is 9.59 Å². The van der Waals surface area contributed by atoms with Crippen molar-refractivity contribution in [1.82, 2.24) is 9.88 Å². The van der Waals surface area contributed by atoms with Crippen LogP contribution in [0.2, 0.25) is 0 Å². The third-order valence-corrected chi connectivity index (χ3v) is 3.79. The van der Waals surface area contributed by atoms with Crippen molar-refractivity contribution >= 4 is 17.7 Å². The molecule has 0 bridgehead atoms. The van der Waals surface area contributed by atoms with Crippen LogP contribution in [-0.2, 0) is 4.79 Å². The number of aromatic nitrogens is 1. The molecule has 114 valence electrons. The Morgan fingerprint density at radius 2 is 2.24 bits per heavy atom. The number of hydrogen-bond acceptors (Lipinski definition) is 4. The molecule has 21 heavy (non-hydrogen) atoms. The van der Waals surface area contributed by atoms with Gasteiger partial charge in [-0.15, -0.1) is 0 Å². The third kappa shape index (κ3) is 3.93. The van der Waals surface area contributed by atoms with E-state index in [2.05, 4.69) is 4.98 Å². The molecule has 0 spiro atoms. The molecular weight excluding hydrogens is 270 g/mol. The molecule has 1 aromatic heterocycles. The predicted octanol–water partition coefficient (Wildman–Crippen LogP) is 1.47. The molecule has 1 aliphatic rings. The number of rotatable bonds is 5. The van der Waals surface area contributed by atoms with Crippen LogP contribution in [0.25, 0.3) is 0 Å². The van der Waals surface area contributed by atoms with Gasteiger partial charge in [0.2, 0.25) is 0 Å². The second kappa shape index (κ2) is 6.56. The van der Waals surface area contributed by atoms with E-state index in [1.807, 2.05) is 19.0 Å². The van der Waals surface area contributed by atoms with Crippen LogP contribution in [0.15, 0.2) is 18.3 Å². The Kier molecular flexibility index (Phi) is 4.77. The van der Waals surface area contributed by atoms with Crippen molar-refractivity contribution in [3.8, 4) is 0 Å². The van der Waals surface area contributed by atoms with Crippen LogP contribution in [-0.4, -0.2) is 54.1 Å². The lowest BCUT2D eigenvalue weighted by molar-refractivity contribution is -0.137. The van der Waals surface area contributed by atoms with Crippen molar-refractivity contribution in [3.05, 3.63) is 23.9 Å². The average Bonchev–Trinajstić information content (AvgIpc) is 2.93. The van der Waals surface area contributed by atoms with Crippen LogP contribution in [0.4, 0.5) is 5.82 Å². The SMILES string of the molecule is CN(C)c1cc(C(=O)N2CCC(CCC(=O)O)C2)ccn1. The molecule has 0 aromatic carbocycles. The largest absolute Gasteiger partial charge is 0.481 e. The van der Waals surface area contributed by atoms with Crippen LogP contribution in [0.1, 0.15) is 29.6 Å². The van der Waals surface area contributed by atoms with Gasteiger partial charge in [0.1, 0.15) is 5.82 Å². The molecule has 1 fully saturated rings. The second-order valence-corrected chi connectivity index (χ2v) is 5.64. The fourth-order valence-electron chi connectivity index (χ4n) is 2.56. The zero-order chi connectivity index (χ0) is 15.4. The number of carbonyl (C=O) groups excluding carboxylic acids is 1. The average molecular weight is 291 g/mol. The molecule has 1 N–H and O–H groups in total. The number of amides is 1. The molecule has 1 saturated heterocycles. The van der Waals surface area contributed by atoms with E-state index in [-0.39, 0.29) is 12.3 Å². The molecule has 1 amide bonds. The molecule has 6 heteroatoms. The highest BCUT2D eigenvalue weighted by molar-refractivity contribution is 5.95. The Labute approximate surface area is 124 Å². The Bertz CT molecular complexity index is 531. The Morgan fingerprint density at radius 1 is 1.48 bits per heavy atom. The van der Waals surface area contributed by atoms with Gasteiger partial charge in [0.05, 0.1) is 0 Å². The first-order valence-electron chi connectivity index (χ1n) is 7.12. The Balaban J connectivity index is 1.98. The lowest BCUT2D eigenvalue weighted by Crippen LogP contribution is -2.29. The van der Waals surface area contributed by atoms with Crippen LogP contribution in [0.5, 0.6) is 0 Å². The normalized spacial score (nSPS) is 17.8. The zero-order valence-corrected chi connectivity index (χ0v) is 12.5. The number of nitrogens with zero attached hydrogens (tertiary/aromatic N) is 3. The number of carbonyl (C=O) groups is 2. The summed E-state index contributed by atoms with van der Waals surface area (Å²) in [5.74, 6) is 0.269. The lowest BCUT2D eigenvalue weighted by atomic mass is 10.0. The number of anilines is 1. The molecule has 1 aromatic rings. The smallest absolute Gasteiger partial charge is 0.303 e. The molecule has 0 saturated carbocycles. The zero-order valence-electron chi connectivity index (χ0n) is 12.5. The fourth-order valence-corrected chi connectivity index (χ4v) is 2.56. The van der Waals surface area contributed by atoms with E-state index in [0.717, 1.165) is 12.2 Å². The molecule has 0 aliphatic carbocycles. The molecule has 0 radical (unpaired) electrons. The van der Waals surface area contributed by atoms with Gasteiger partial charge in [-0.3, -0.25) is 9.59 Å². The van der Waals surface area contributed by atoms with Gasteiger partial charge in [0.15, 0.2) is 0 Å². The lowest BCUT2D eigenvalue weighted by Gasteiger charge is -2.18. The van der Waals surface area contributed by atoms with Crippen molar-refractivity contribution in [2.75, 3.05) is 32.1 Å². The first-order chi connectivity index (χ1) is 9.97. The summed E-state index contributed by atoms with van der Waals surface area (Å²) in [5.41, 5.74) is 0.632. The minimum Gasteiger partial charge on any atom is -0.481 e. The van der Waals surface area contributed by atoms with Crippen molar-refractivity contribution in [2.45, 2.75) is 19.3 Å². The van der Waals surface area contributed by atoms with Crippen molar-refractivity contribution < 1.29 is 14.7 Å². The van der Waals surface area contributed by atoms with Gasteiger partial charge in [0, 0.05) is 45.4 Å². The molecule has 2 rings (SSSR count). The van der Waals surface area contributed by atoms with Crippen molar-refractivity contribution in [3.63, 3.8) is 0 Å². The Morgan fingerprint density at radius 3 is 2.90 bits per heavy atom. The number of carboxylic acid groups (broad SMARTS) is 1. The highest BCUT2D eigenvalue weighted by Crippen LogP contribution is 2.23. The summed E-state index contributed by atoms with van der Waals surface area (Å²) in [6, 6.07) is 3.51. The molecule has 6 nitrogen and oxygen atoms in total. The summed E-state index contributed by atoms with van der Waals surface area (Å²) in [6.07, 6.45) is 3.33. The van der Waals surface area contributed by atoms with Crippen LogP contribution >= 0.6 is 0 Å². The maximum atomic E-state index is 12.5. The standard InChI is InChI=1S/C15H21N3O3/c1-17(2)13-9-12(5-7-16-13)15(21)18-8-6-11(10-18)3-4-14(19)20/h5,7,9,11H,3-4,6,8,10H2,1-2H3,(H,19,20). The highest BCUT2D eigenvalue weighted by Gasteiger charge is 2.27. The number of hydrogen-bond donors (Lipinski definition) is 1. The van der Waals surface area contributed by atoms with Crippen molar-refractivity contribution in [1.29, 1.82) is 0 Å². The maximum absolute atomic E-state index is 12.5. The summed E-state index contributed by atoms with van der Waals surface area (Å²) in [7, 11) is 3.77. The third-order valence-electron chi connectivity index (χ3n) is 3.79. The van der Waals surface area contributed by atoms with Crippen LogP contribution in [0, 0.1) is 5.92 Å². The first-order valence-corrected chi connectivity index (χ1v) is 7.12. The molecule has 2 heterocycles. The van der Waals surface area contributed by atoms with Gasteiger partial charge in [-0.25, -0.2) is 4.98 Å². The van der Waals surface area contributed by atoms with Crippen molar-refractivity contribution in [2.24, 2.45) is 5.92 Å². The highest BCUT2D eigenvalue weighted by atomic mass is 16.4. The van der Waals surface area contributed by atoms with E-state index < -0.39 is 5.97 Å². The first kappa shape index (κ1) is 15.3. The molecular formula is C15H21N3O3. The van der Waals surface area contributed by atoms with E-state index in [1.54, 1.807) is 23.2 Å². The topological polar surface area (TPSA) is 73.7 Å². The molecule has 1 aliphatic heterocycles. The predicted molar refractivity (Wildman–Crippen MR) is 79.4 cm³/mol. The molecule has 1 unspecified atom stereocenters. The Hall–Kier alpha value is -2.11. The number of pyridine rings is 1. The minimum absolute atomic E-state index is 0.00155. The number of aliphatic carboxylic acids is 1. The fraction of sp³-hybridized carbons (Fsp3) is 0.533. The summed E-state index contributed by atoms with van der Waals surface area (Å²) in [5, 5.41) is 8.72. The number of likely N-dealkylation sites (tertiary alicyclic amines) is 1. The van der Waals surface area contributed by atoms with Crippen LogP contribution < -0.4 is 4.90 Å². The summed E-state index contributed by atoms with van der Waals surface area (Å²) < 4.78 is 0. The quantitative estimate of drug-likeness (QED) is 0.889. The second-order valence-electron chi connectivity index (χ2n) is 5.64. The van der Waals surface area contributed by atoms with E-state index in [0.29, 0.717) is 31.0 Å². The number of carboxylic acids is 1. The summed E-state index contributed by atoms with van der Waals surface area (Å²) >= 11 is 0. The monoisotopic (exact) mass is 291 g/mol. The van der Waals surface area contributed by atoms with E-state index >= 15 is 0 Å². The van der Waals surface area contributed by atoms with Gasteiger partial charge >= 0.3 is 5.97 Å². The maximum Gasteiger partial charge on any atom is 0.303 e. The van der Waals surface area contributed by atoms with Gasteiger partial charge < -0.3 is 14.9 Å². The van der Waals surface area contributed by atoms with Gasteiger partial charge in [-0.2, -0.15) is 0 Å². The van der Waals surface area contributed by atoms with E-state index in [4.69, 9.17) is 5.11 Å². The summed E-state index contributed by atoms with van der Waals surface area (Å²) in [6.45, 7) is 1.34. The van der Waals surface area contributed by atoms with Gasteiger partial charge in [-0.1, -0.05) is 0 Å².